The van der Waals surface area contributed by atoms with Crippen LogP contribution in [0.25, 0.3) is 27.8 Å². The molecule has 1 aliphatic rings. The zero-order valence-electron chi connectivity index (χ0n) is 21.9. The predicted molar refractivity (Wildman–Crippen MR) is 136 cm³/mol. The fourth-order valence-corrected chi connectivity index (χ4v) is 4.64. The minimum atomic E-state index is -4.84. The number of halogens is 10. The van der Waals surface area contributed by atoms with Crippen molar-refractivity contribution in [1.29, 1.82) is 0 Å². The largest absolute Gasteiger partial charge is 0.498 e. The predicted octanol–water partition coefficient (Wildman–Crippen LogP) is 9.80. The Labute approximate surface area is 237 Å². The number of ether oxygens (including phenoxy) is 2. The lowest BCUT2D eigenvalue weighted by molar-refractivity contribution is -0.189. The van der Waals surface area contributed by atoms with Crippen LogP contribution in [-0.4, -0.2) is 6.10 Å². The van der Waals surface area contributed by atoms with E-state index in [0.29, 0.717) is 36.1 Å². The van der Waals surface area contributed by atoms with Gasteiger partial charge in [-0.15, -0.1) is 0 Å². The quantitative estimate of drug-likeness (QED) is 0.159. The highest BCUT2D eigenvalue weighted by Gasteiger charge is 2.41. The van der Waals surface area contributed by atoms with Crippen molar-refractivity contribution in [3.63, 3.8) is 0 Å². The van der Waals surface area contributed by atoms with E-state index in [1.807, 2.05) is 6.92 Å². The molecule has 0 radical (unpaired) electrons. The fourth-order valence-electron chi connectivity index (χ4n) is 4.64. The Morgan fingerprint density at radius 2 is 1.23 bits per heavy atom. The second kappa shape index (κ2) is 11.3. The molecule has 224 valence electrons. The summed E-state index contributed by atoms with van der Waals surface area (Å²) in [5, 5.41) is 0. The lowest BCUT2D eigenvalue weighted by atomic mass is 9.95. The summed E-state index contributed by atoms with van der Waals surface area (Å²) >= 11 is 0. The van der Waals surface area contributed by atoms with Gasteiger partial charge < -0.3 is 9.47 Å². The number of allylic oxidation sites excluding steroid dienone is 1. The molecular weight excluding hydrogens is 594 g/mol. The Kier molecular flexibility index (Phi) is 7.89. The molecule has 0 fully saturated rings. The van der Waals surface area contributed by atoms with Gasteiger partial charge in [0.05, 0.1) is 17.9 Å². The molecule has 2 nitrogen and oxygen atoms in total. The van der Waals surface area contributed by atoms with Gasteiger partial charge in [-0.05, 0) is 72.4 Å². The van der Waals surface area contributed by atoms with E-state index in [1.165, 1.54) is 18.4 Å². The molecule has 43 heavy (non-hydrogen) atoms. The molecule has 5 rings (SSSR count). The van der Waals surface area contributed by atoms with Crippen LogP contribution in [0.5, 0.6) is 5.75 Å². The minimum Gasteiger partial charge on any atom is -0.498 e. The van der Waals surface area contributed by atoms with Gasteiger partial charge >= 0.3 is 6.11 Å². The van der Waals surface area contributed by atoms with Crippen LogP contribution < -0.4 is 4.74 Å². The molecule has 0 amide bonds. The standard InChI is InChI=1S/C31H18F10O2/c1-14-2-3-16(13-42-14)15-4-5-20(21(32)6-15)17-7-24(35)29(25(36)8-17)31(40,41)43-19-11-22(33)28(23(34)12-19)18-9-26(37)30(39)27(38)10-18/h4-14H,2-3H2,1H3. The maximum Gasteiger partial charge on any atom is 0.432 e. The molecule has 0 aromatic heterocycles. The van der Waals surface area contributed by atoms with Crippen molar-refractivity contribution in [3.8, 4) is 28.0 Å². The van der Waals surface area contributed by atoms with Gasteiger partial charge in [-0.1, -0.05) is 12.1 Å². The summed E-state index contributed by atoms with van der Waals surface area (Å²) in [4.78, 5) is 0. The summed E-state index contributed by atoms with van der Waals surface area (Å²) in [6.07, 6.45) is -2.05. The summed E-state index contributed by atoms with van der Waals surface area (Å²) in [7, 11) is 0. The van der Waals surface area contributed by atoms with Crippen LogP contribution in [0.4, 0.5) is 43.9 Å². The fraction of sp³-hybridized carbons (Fsp3) is 0.161. The third-order valence-electron chi connectivity index (χ3n) is 6.78. The Morgan fingerprint density at radius 1 is 0.674 bits per heavy atom. The Hall–Kier alpha value is -4.48. The van der Waals surface area contributed by atoms with Gasteiger partial charge in [0, 0.05) is 17.7 Å². The SMILES string of the molecule is CC1CCC(c2ccc(-c3cc(F)c(C(F)(F)Oc4cc(F)c(-c5cc(F)c(F)c(F)c5)c(F)c4)c(F)c3)c(F)c2)=CO1. The van der Waals surface area contributed by atoms with Gasteiger partial charge in [0.25, 0.3) is 0 Å². The second-order valence-electron chi connectivity index (χ2n) is 9.77. The molecule has 12 heteroatoms. The molecule has 4 aromatic carbocycles. The van der Waals surface area contributed by atoms with Gasteiger partial charge in [0.1, 0.15) is 40.4 Å². The molecule has 0 N–H and O–H groups in total. The van der Waals surface area contributed by atoms with Crippen LogP contribution >= 0.6 is 0 Å². The number of hydrogen-bond donors (Lipinski definition) is 0. The first-order valence-electron chi connectivity index (χ1n) is 12.6. The van der Waals surface area contributed by atoms with Crippen LogP contribution in [0.3, 0.4) is 0 Å². The molecule has 0 saturated carbocycles. The summed E-state index contributed by atoms with van der Waals surface area (Å²) in [5.74, 6) is -14.6. The van der Waals surface area contributed by atoms with Crippen molar-refractivity contribution >= 4 is 5.57 Å². The first-order valence-corrected chi connectivity index (χ1v) is 12.6. The normalized spacial score (nSPS) is 15.2. The average molecular weight is 612 g/mol. The number of benzene rings is 4. The Morgan fingerprint density at radius 3 is 1.77 bits per heavy atom. The van der Waals surface area contributed by atoms with Gasteiger partial charge in [-0.2, -0.15) is 8.78 Å². The highest BCUT2D eigenvalue weighted by atomic mass is 19.3. The highest BCUT2D eigenvalue weighted by Crippen LogP contribution is 2.40. The maximum atomic E-state index is 14.9. The number of hydrogen-bond acceptors (Lipinski definition) is 2. The molecule has 0 spiro atoms. The lowest BCUT2D eigenvalue weighted by Crippen LogP contribution is -2.25. The van der Waals surface area contributed by atoms with Gasteiger partial charge in [0.2, 0.25) is 0 Å². The van der Waals surface area contributed by atoms with E-state index in [4.69, 9.17) is 4.74 Å². The van der Waals surface area contributed by atoms with Gasteiger partial charge in [-0.3, -0.25) is 0 Å². The smallest absolute Gasteiger partial charge is 0.432 e. The average Bonchev–Trinajstić information content (AvgIpc) is 2.90. The molecule has 4 aromatic rings. The maximum absolute atomic E-state index is 14.9. The van der Waals surface area contributed by atoms with Crippen molar-refractivity contribution in [2.24, 2.45) is 0 Å². The lowest BCUT2D eigenvalue weighted by Gasteiger charge is -2.21. The van der Waals surface area contributed by atoms with E-state index in [2.05, 4.69) is 4.74 Å². The van der Waals surface area contributed by atoms with Crippen molar-refractivity contribution in [1.82, 2.24) is 0 Å². The van der Waals surface area contributed by atoms with Crippen LogP contribution in [0.1, 0.15) is 30.9 Å². The first kappa shape index (κ1) is 30.0. The number of alkyl halides is 2. The van der Waals surface area contributed by atoms with Gasteiger partial charge in [0.15, 0.2) is 17.5 Å². The van der Waals surface area contributed by atoms with E-state index >= 15 is 0 Å². The van der Waals surface area contributed by atoms with Gasteiger partial charge in [-0.25, -0.2) is 35.1 Å². The number of rotatable bonds is 6. The molecule has 0 aliphatic carbocycles. The zero-order valence-corrected chi connectivity index (χ0v) is 21.9. The molecule has 0 saturated heterocycles. The summed E-state index contributed by atoms with van der Waals surface area (Å²) < 4.78 is 154. The highest BCUT2D eigenvalue weighted by molar-refractivity contribution is 5.71. The zero-order chi connectivity index (χ0) is 31.2. The molecule has 1 aliphatic heterocycles. The van der Waals surface area contributed by atoms with Crippen LogP contribution in [-0.2, 0) is 10.8 Å². The van der Waals surface area contributed by atoms with Crippen LogP contribution in [0, 0.1) is 46.5 Å². The third kappa shape index (κ3) is 5.91. The summed E-state index contributed by atoms with van der Waals surface area (Å²) in [6, 6.07) is 5.62. The second-order valence-corrected chi connectivity index (χ2v) is 9.77. The monoisotopic (exact) mass is 612 g/mol. The molecule has 1 unspecified atom stereocenters. The Balaban J connectivity index is 1.43. The van der Waals surface area contributed by atoms with Crippen LogP contribution in [0.2, 0.25) is 0 Å². The van der Waals surface area contributed by atoms with E-state index in [1.54, 1.807) is 0 Å². The summed E-state index contributed by atoms with van der Waals surface area (Å²) in [5.41, 5.74) is -3.38. The van der Waals surface area contributed by atoms with E-state index in [-0.39, 0.29) is 35.9 Å². The van der Waals surface area contributed by atoms with Crippen molar-refractivity contribution < 1.29 is 53.4 Å². The Bertz CT molecular complexity index is 1700. The van der Waals surface area contributed by atoms with Crippen molar-refractivity contribution in [3.05, 3.63) is 119 Å². The molecular formula is C31H18F10O2. The van der Waals surface area contributed by atoms with Crippen molar-refractivity contribution in [2.45, 2.75) is 32.0 Å². The first-order chi connectivity index (χ1) is 20.2. The summed E-state index contributed by atoms with van der Waals surface area (Å²) in [6.45, 7) is 1.87. The molecule has 1 atom stereocenters. The van der Waals surface area contributed by atoms with Crippen LogP contribution in [0.15, 0.2) is 60.9 Å². The van der Waals surface area contributed by atoms with E-state index in [9.17, 15) is 43.9 Å². The topological polar surface area (TPSA) is 18.5 Å². The van der Waals surface area contributed by atoms with Crippen molar-refractivity contribution in [2.75, 3.05) is 0 Å². The molecule has 1 heterocycles. The van der Waals surface area contributed by atoms with E-state index in [0.717, 1.165) is 6.07 Å². The minimum absolute atomic E-state index is 0.00449. The molecule has 0 bridgehead atoms. The third-order valence-corrected chi connectivity index (χ3v) is 6.78. The van der Waals surface area contributed by atoms with E-state index < -0.39 is 80.6 Å².